The molecule has 1 atom stereocenters. The van der Waals surface area contributed by atoms with Gasteiger partial charge in [0.05, 0.1) is 6.61 Å². The minimum absolute atomic E-state index is 0.626. The SMILES string of the molecule is CC(C)CC(C)COc1ccc(Br)cc1C1CC1. The van der Waals surface area contributed by atoms with E-state index in [0.29, 0.717) is 5.92 Å². The quantitative estimate of drug-likeness (QED) is 0.684. The van der Waals surface area contributed by atoms with Crippen molar-refractivity contribution in [2.45, 2.75) is 46.0 Å². The standard InChI is InChI=1S/C16H23BrO/c1-11(2)8-12(3)10-18-16-7-6-14(17)9-15(16)13-4-5-13/h6-7,9,11-13H,4-5,8,10H2,1-3H3. The van der Waals surface area contributed by atoms with E-state index in [1.165, 1.54) is 24.8 Å². The van der Waals surface area contributed by atoms with Crippen LogP contribution < -0.4 is 4.74 Å². The minimum atomic E-state index is 0.626. The van der Waals surface area contributed by atoms with E-state index in [2.05, 4.69) is 54.9 Å². The molecule has 0 N–H and O–H groups in total. The van der Waals surface area contributed by atoms with Gasteiger partial charge in [-0.2, -0.15) is 0 Å². The number of benzene rings is 1. The molecule has 0 aliphatic heterocycles. The maximum atomic E-state index is 6.04. The molecule has 0 heterocycles. The Morgan fingerprint density at radius 3 is 2.61 bits per heavy atom. The Morgan fingerprint density at radius 2 is 2.00 bits per heavy atom. The third kappa shape index (κ3) is 4.01. The summed E-state index contributed by atoms with van der Waals surface area (Å²) in [4.78, 5) is 0. The van der Waals surface area contributed by atoms with Gasteiger partial charge >= 0.3 is 0 Å². The Hall–Kier alpha value is -0.500. The van der Waals surface area contributed by atoms with Gasteiger partial charge in [0.25, 0.3) is 0 Å². The molecule has 2 rings (SSSR count). The van der Waals surface area contributed by atoms with Gasteiger partial charge in [0, 0.05) is 4.47 Å². The lowest BCUT2D eigenvalue weighted by Crippen LogP contribution is -2.11. The first-order chi connectivity index (χ1) is 8.56. The molecule has 0 aromatic heterocycles. The fraction of sp³-hybridized carbons (Fsp3) is 0.625. The minimum Gasteiger partial charge on any atom is -0.493 e. The molecule has 1 aromatic carbocycles. The Labute approximate surface area is 119 Å². The van der Waals surface area contributed by atoms with Crippen LogP contribution in [-0.2, 0) is 0 Å². The zero-order valence-electron chi connectivity index (χ0n) is 11.6. The third-order valence-electron chi connectivity index (χ3n) is 3.39. The van der Waals surface area contributed by atoms with Gasteiger partial charge in [-0.15, -0.1) is 0 Å². The first kappa shape index (κ1) is 13.9. The molecule has 1 nitrogen and oxygen atoms in total. The van der Waals surface area contributed by atoms with Gasteiger partial charge in [-0.1, -0.05) is 36.7 Å². The largest absolute Gasteiger partial charge is 0.493 e. The second kappa shape index (κ2) is 6.10. The highest BCUT2D eigenvalue weighted by Gasteiger charge is 2.27. The van der Waals surface area contributed by atoms with Crippen LogP contribution in [-0.4, -0.2) is 6.61 Å². The molecule has 1 aliphatic rings. The van der Waals surface area contributed by atoms with E-state index in [0.717, 1.165) is 28.7 Å². The third-order valence-corrected chi connectivity index (χ3v) is 3.88. The molecule has 2 heteroatoms. The van der Waals surface area contributed by atoms with Crippen molar-refractivity contribution in [2.75, 3.05) is 6.61 Å². The molecule has 18 heavy (non-hydrogen) atoms. The molecule has 0 spiro atoms. The predicted octanol–water partition coefficient (Wildman–Crippen LogP) is 5.39. The highest BCUT2D eigenvalue weighted by Crippen LogP contribution is 2.45. The van der Waals surface area contributed by atoms with Crippen LogP contribution in [0, 0.1) is 11.8 Å². The number of rotatable bonds is 6. The summed E-state index contributed by atoms with van der Waals surface area (Å²) >= 11 is 3.55. The maximum absolute atomic E-state index is 6.04. The van der Waals surface area contributed by atoms with Gasteiger partial charge < -0.3 is 4.74 Å². The topological polar surface area (TPSA) is 9.23 Å². The molecule has 0 radical (unpaired) electrons. The number of ether oxygens (including phenoxy) is 1. The lowest BCUT2D eigenvalue weighted by atomic mass is 10.00. The summed E-state index contributed by atoms with van der Waals surface area (Å²) in [5.74, 6) is 3.20. The molecular weight excluding hydrogens is 288 g/mol. The van der Waals surface area contributed by atoms with E-state index in [1.807, 2.05) is 0 Å². The molecule has 1 aliphatic carbocycles. The Bertz CT molecular complexity index is 396. The van der Waals surface area contributed by atoms with Crippen molar-refractivity contribution in [1.29, 1.82) is 0 Å². The molecule has 0 amide bonds. The van der Waals surface area contributed by atoms with Crippen molar-refractivity contribution in [3.05, 3.63) is 28.2 Å². The lowest BCUT2D eigenvalue weighted by molar-refractivity contribution is 0.237. The van der Waals surface area contributed by atoms with Crippen LogP contribution in [0.3, 0.4) is 0 Å². The average Bonchev–Trinajstić information content (AvgIpc) is 3.10. The smallest absolute Gasteiger partial charge is 0.122 e. The van der Waals surface area contributed by atoms with E-state index in [-0.39, 0.29) is 0 Å². The predicted molar refractivity (Wildman–Crippen MR) is 80.2 cm³/mol. The van der Waals surface area contributed by atoms with E-state index >= 15 is 0 Å². The highest BCUT2D eigenvalue weighted by atomic mass is 79.9. The summed E-state index contributed by atoms with van der Waals surface area (Å²) in [7, 11) is 0. The average molecular weight is 311 g/mol. The van der Waals surface area contributed by atoms with E-state index in [4.69, 9.17) is 4.74 Å². The zero-order valence-corrected chi connectivity index (χ0v) is 13.2. The van der Waals surface area contributed by atoms with Crippen LogP contribution in [0.5, 0.6) is 5.75 Å². The van der Waals surface area contributed by atoms with Crippen LogP contribution in [0.25, 0.3) is 0 Å². The molecule has 1 saturated carbocycles. The lowest BCUT2D eigenvalue weighted by Gasteiger charge is -2.17. The van der Waals surface area contributed by atoms with E-state index < -0.39 is 0 Å². The Morgan fingerprint density at radius 1 is 1.28 bits per heavy atom. The fourth-order valence-electron chi connectivity index (χ4n) is 2.47. The molecule has 1 unspecified atom stereocenters. The molecule has 0 saturated heterocycles. The van der Waals surface area contributed by atoms with Gasteiger partial charge in [0.15, 0.2) is 0 Å². The van der Waals surface area contributed by atoms with Gasteiger partial charge in [-0.05, 0) is 60.8 Å². The Kier molecular flexibility index (Phi) is 4.71. The molecule has 1 aromatic rings. The summed E-state index contributed by atoms with van der Waals surface area (Å²) in [6, 6.07) is 6.41. The summed E-state index contributed by atoms with van der Waals surface area (Å²) < 4.78 is 7.19. The van der Waals surface area contributed by atoms with Gasteiger partial charge in [0.2, 0.25) is 0 Å². The van der Waals surface area contributed by atoms with E-state index in [1.54, 1.807) is 0 Å². The number of hydrogen-bond donors (Lipinski definition) is 0. The van der Waals surface area contributed by atoms with Crippen molar-refractivity contribution in [3.63, 3.8) is 0 Å². The van der Waals surface area contributed by atoms with Crippen LogP contribution in [0.2, 0.25) is 0 Å². The zero-order chi connectivity index (χ0) is 13.1. The molecule has 1 fully saturated rings. The Balaban J connectivity index is 1.96. The number of hydrogen-bond acceptors (Lipinski definition) is 1. The highest BCUT2D eigenvalue weighted by molar-refractivity contribution is 9.10. The van der Waals surface area contributed by atoms with Gasteiger partial charge in [-0.25, -0.2) is 0 Å². The second-order valence-corrected chi connectivity index (χ2v) is 6.92. The van der Waals surface area contributed by atoms with Crippen LogP contribution in [0.15, 0.2) is 22.7 Å². The second-order valence-electron chi connectivity index (χ2n) is 6.00. The fourth-order valence-corrected chi connectivity index (χ4v) is 2.85. The summed E-state index contributed by atoms with van der Waals surface area (Å²) in [6.45, 7) is 7.65. The van der Waals surface area contributed by atoms with Crippen molar-refractivity contribution < 1.29 is 4.74 Å². The monoisotopic (exact) mass is 310 g/mol. The number of halogens is 1. The summed E-state index contributed by atoms with van der Waals surface area (Å²) in [6.07, 6.45) is 3.86. The van der Waals surface area contributed by atoms with Crippen LogP contribution >= 0.6 is 15.9 Å². The van der Waals surface area contributed by atoms with Crippen molar-refractivity contribution >= 4 is 15.9 Å². The maximum Gasteiger partial charge on any atom is 0.122 e. The summed E-state index contributed by atoms with van der Waals surface area (Å²) in [5, 5.41) is 0. The van der Waals surface area contributed by atoms with Crippen LogP contribution in [0.1, 0.15) is 51.5 Å². The van der Waals surface area contributed by atoms with Crippen molar-refractivity contribution in [2.24, 2.45) is 11.8 Å². The first-order valence-electron chi connectivity index (χ1n) is 6.98. The molecule has 0 bridgehead atoms. The molecular formula is C16H23BrO. The van der Waals surface area contributed by atoms with E-state index in [9.17, 15) is 0 Å². The van der Waals surface area contributed by atoms with Gasteiger partial charge in [-0.3, -0.25) is 0 Å². The van der Waals surface area contributed by atoms with Gasteiger partial charge in [0.1, 0.15) is 5.75 Å². The normalized spacial score (nSPS) is 16.9. The van der Waals surface area contributed by atoms with Crippen LogP contribution in [0.4, 0.5) is 0 Å². The van der Waals surface area contributed by atoms with Crippen molar-refractivity contribution in [1.82, 2.24) is 0 Å². The summed E-state index contributed by atoms with van der Waals surface area (Å²) in [5.41, 5.74) is 1.39. The first-order valence-corrected chi connectivity index (χ1v) is 7.77. The molecule has 100 valence electrons. The van der Waals surface area contributed by atoms with Crippen molar-refractivity contribution in [3.8, 4) is 5.75 Å².